The molecule has 3 N–H and O–H groups in total. The molecule has 1 atom stereocenters. The fourth-order valence-corrected chi connectivity index (χ4v) is 3.24. The summed E-state index contributed by atoms with van der Waals surface area (Å²) in [5, 5.41) is 3.45. The van der Waals surface area contributed by atoms with Crippen molar-refractivity contribution in [1.29, 1.82) is 0 Å². The Bertz CT molecular complexity index is 613. The molecule has 1 unspecified atom stereocenters. The van der Waals surface area contributed by atoms with Crippen LogP contribution in [0.5, 0.6) is 0 Å². The predicted octanol–water partition coefficient (Wildman–Crippen LogP) is 2.45. The number of carbonyl (C=O) groups excluding carboxylic acids is 2. The van der Waals surface area contributed by atoms with Gasteiger partial charge in [0.2, 0.25) is 5.91 Å². The first-order chi connectivity index (χ1) is 12.9. The molecular formula is C20H30ClN3O3. The van der Waals surface area contributed by atoms with Gasteiger partial charge in [-0.2, -0.15) is 0 Å². The van der Waals surface area contributed by atoms with E-state index in [4.69, 9.17) is 22.1 Å². The molecule has 0 aliphatic carbocycles. The highest BCUT2D eigenvalue weighted by molar-refractivity contribution is 6.30. The molecule has 1 aromatic carbocycles. The SMILES string of the molecule is CC(C)C(NC(=O)c1ccc(Cl)cc1)C(=O)N1CCC(OCCCN)CC1. The minimum Gasteiger partial charge on any atom is -0.378 e. The molecule has 7 heteroatoms. The molecular weight excluding hydrogens is 366 g/mol. The van der Waals surface area contributed by atoms with Crippen LogP contribution < -0.4 is 11.1 Å². The van der Waals surface area contributed by atoms with Gasteiger partial charge in [0.25, 0.3) is 5.91 Å². The lowest BCUT2D eigenvalue weighted by atomic mass is 10.00. The van der Waals surface area contributed by atoms with Crippen molar-refractivity contribution < 1.29 is 14.3 Å². The summed E-state index contributed by atoms with van der Waals surface area (Å²) in [7, 11) is 0. The maximum absolute atomic E-state index is 13.0. The van der Waals surface area contributed by atoms with Gasteiger partial charge >= 0.3 is 0 Å². The predicted molar refractivity (Wildman–Crippen MR) is 107 cm³/mol. The monoisotopic (exact) mass is 395 g/mol. The van der Waals surface area contributed by atoms with Crippen molar-refractivity contribution in [3.63, 3.8) is 0 Å². The van der Waals surface area contributed by atoms with Gasteiger partial charge in [-0.1, -0.05) is 25.4 Å². The van der Waals surface area contributed by atoms with E-state index in [1.807, 2.05) is 18.7 Å². The molecule has 0 bridgehead atoms. The number of amides is 2. The number of ether oxygens (including phenoxy) is 1. The molecule has 6 nitrogen and oxygen atoms in total. The van der Waals surface area contributed by atoms with Gasteiger partial charge in [-0.3, -0.25) is 9.59 Å². The van der Waals surface area contributed by atoms with Crippen LogP contribution in [0.15, 0.2) is 24.3 Å². The van der Waals surface area contributed by atoms with E-state index in [-0.39, 0.29) is 23.8 Å². The van der Waals surface area contributed by atoms with E-state index < -0.39 is 6.04 Å². The van der Waals surface area contributed by atoms with Crippen molar-refractivity contribution >= 4 is 23.4 Å². The van der Waals surface area contributed by atoms with Gasteiger partial charge in [0.1, 0.15) is 6.04 Å². The Morgan fingerprint density at radius 1 is 1.26 bits per heavy atom. The third kappa shape index (κ3) is 6.48. The minimum absolute atomic E-state index is 0.00715. The molecule has 1 aliphatic heterocycles. The van der Waals surface area contributed by atoms with E-state index in [1.54, 1.807) is 24.3 Å². The number of carbonyl (C=O) groups is 2. The summed E-state index contributed by atoms with van der Waals surface area (Å²) in [6, 6.07) is 6.09. The smallest absolute Gasteiger partial charge is 0.251 e. The van der Waals surface area contributed by atoms with Crippen LogP contribution in [0.3, 0.4) is 0 Å². The zero-order chi connectivity index (χ0) is 19.8. The highest BCUT2D eigenvalue weighted by Crippen LogP contribution is 2.17. The molecule has 0 spiro atoms. The molecule has 1 aliphatic rings. The van der Waals surface area contributed by atoms with Crippen LogP contribution in [-0.4, -0.2) is 55.1 Å². The van der Waals surface area contributed by atoms with Crippen LogP contribution in [0.4, 0.5) is 0 Å². The van der Waals surface area contributed by atoms with Gasteiger partial charge < -0.3 is 20.7 Å². The fourth-order valence-electron chi connectivity index (χ4n) is 3.11. The maximum Gasteiger partial charge on any atom is 0.251 e. The summed E-state index contributed by atoms with van der Waals surface area (Å²) in [6.45, 7) is 6.46. The van der Waals surface area contributed by atoms with E-state index >= 15 is 0 Å². The zero-order valence-electron chi connectivity index (χ0n) is 16.1. The molecule has 1 aromatic rings. The van der Waals surface area contributed by atoms with Gasteiger partial charge in [-0.15, -0.1) is 0 Å². The third-order valence-corrected chi connectivity index (χ3v) is 5.03. The largest absolute Gasteiger partial charge is 0.378 e. The normalized spacial score (nSPS) is 16.4. The number of piperidine rings is 1. The lowest BCUT2D eigenvalue weighted by Crippen LogP contribution is -2.53. The van der Waals surface area contributed by atoms with Gasteiger partial charge in [-0.05, 0) is 56.0 Å². The number of nitrogens with one attached hydrogen (secondary N) is 1. The van der Waals surface area contributed by atoms with Crippen molar-refractivity contribution in [2.75, 3.05) is 26.2 Å². The Morgan fingerprint density at radius 2 is 1.89 bits per heavy atom. The third-order valence-electron chi connectivity index (χ3n) is 4.78. The molecule has 1 heterocycles. The summed E-state index contributed by atoms with van der Waals surface area (Å²) < 4.78 is 5.79. The van der Waals surface area contributed by atoms with E-state index in [0.717, 1.165) is 19.3 Å². The van der Waals surface area contributed by atoms with E-state index in [0.29, 0.717) is 36.8 Å². The van der Waals surface area contributed by atoms with Crippen LogP contribution in [0, 0.1) is 5.92 Å². The average Bonchev–Trinajstić information content (AvgIpc) is 2.66. The summed E-state index contributed by atoms with van der Waals surface area (Å²) >= 11 is 5.87. The van der Waals surface area contributed by atoms with Crippen molar-refractivity contribution in [2.45, 2.75) is 45.3 Å². The lowest BCUT2D eigenvalue weighted by Gasteiger charge is -2.35. The molecule has 150 valence electrons. The second-order valence-corrected chi connectivity index (χ2v) is 7.68. The van der Waals surface area contributed by atoms with Crippen molar-refractivity contribution in [1.82, 2.24) is 10.2 Å². The summed E-state index contributed by atoms with van der Waals surface area (Å²) in [5.41, 5.74) is 5.97. The second kappa shape index (κ2) is 10.6. The molecule has 2 amide bonds. The Balaban J connectivity index is 1.91. The van der Waals surface area contributed by atoms with Crippen molar-refractivity contribution in [2.24, 2.45) is 11.7 Å². The maximum atomic E-state index is 13.0. The van der Waals surface area contributed by atoms with Gasteiger partial charge in [0.05, 0.1) is 6.10 Å². The summed E-state index contributed by atoms with van der Waals surface area (Å²) in [4.78, 5) is 27.3. The van der Waals surface area contributed by atoms with Crippen LogP contribution in [0.2, 0.25) is 5.02 Å². The first kappa shape index (κ1) is 21.7. The van der Waals surface area contributed by atoms with Crippen molar-refractivity contribution in [3.05, 3.63) is 34.9 Å². The number of rotatable bonds is 8. The number of likely N-dealkylation sites (tertiary alicyclic amines) is 1. The molecule has 1 fully saturated rings. The number of nitrogens with zero attached hydrogens (tertiary/aromatic N) is 1. The minimum atomic E-state index is -0.553. The number of nitrogens with two attached hydrogens (primary N) is 1. The van der Waals surface area contributed by atoms with Crippen LogP contribution in [0.25, 0.3) is 0 Å². The van der Waals surface area contributed by atoms with Crippen LogP contribution >= 0.6 is 11.6 Å². The van der Waals surface area contributed by atoms with Crippen LogP contribution in [-0.2, 0) is 9.53 Å². The first-order valence-corrected chi connectivity index (χ1v) is 9.97. The zero-order valence-corrected chi connectivity index (χ0v) is 16.9. The first-order valence-electron chi connectivity index (χ1n) is 9.59. The molecule has 0 saturated carbocycles. The molecule has 27 heavy (non-hydrogen) atoms. The number of benzene rings is 1. The van der Waals surface area contributed by atoms with Gasteiger partial charge in [0, 0.05) is 30.3 Å². The highest BCUT2D eigenvalue weighted by Gasteiger charge is 2.31. The Kier molecular flexibility index (Phi) is 8.54. The van der Waals surface area contributed by atoms with Gasteiger partial charge in [-0.25, -0.2) is 0 Å². The van der Waals surface area contributed by atoms with Gasteiger partial charge in [0.15, 0.2) is 0 Å². The molecule has 2 rings (SSSR count). The summed E-state index contributed by atoms with van der Waals surface area (Å²) in [5.74, 6) is -0.307. The number of halogens is 1. The number of hydrogen-bond acceptors (Lipinski definition) is 4. The van der Waals surface area contributed by atoms with E-state index in [1.165, 1.54) is 0 Å². The second-order valence-electron chi connectivity index (χ2n) is 7.24. The fraction of sp³-hybridized carbons (Fsp3) is 0.600. The highest BCUT2D eigenvalue weighted by atomic mass is 35.5. The van der Waals surface area contributed by atoms with E-state index in [9.17, 15) is 9.59 Å². The molecule has 0 aromatic heterocycles. The van der Waals surface area contributed by atoms with E-state index in [2.05, 4.69) is 5.32 Å². The lowest BCUT2D eigenvalue weighted by molar-refractivity contribution is -0.137. The average molecular weight is 396 g/mol. The standard InChI is InChI=1S/C20H30ClN3O3/c1-14(2)18(23-19(25)15-4-6-16(21)7-5-15)20(26)24-11-8-17(9-12-24)27-13-3-10-22/h4-7,14,17-18H,3,8-13,22H2,1-2H3,(H,23,25). The Labute approximate surface area is 166 Å². The van der Waals surface area contributed by atoms with Crippen LogP contribution in [0.1, 0.15) is 43.5 Å². The Hall–Kier alpha value is -1.63. The Morgan fingerprint density at radius 3 is 2.44 bits per heavy atom. The van der Waals surface area contributed by atoms with Crippen molar-refractivity contribution in [3.8, 4) is 0 Å². The number of hydrogen-bond donors (Lipinski definition) is 2. The topological polar surface area (TPSA) is 84.7 Å². The quantitative estimate of drug-likeness (QED) is 0.662. The summed E-state index contributed by atoms with van der Waals surface area (Å²) in [6.07, 6.45) is 2.66. The molecule has 0 radical (unpaired) electrons. The molecule has 1 saturated heterocycles.